The standard InChI is InChI=1S/C14H18FN3O/c1-14(2,8-16)17-13(19)11-7-9-5-4-6-10(15)12(9)18(11)3/h4-7H,8,16H2,1-3H3,(H,17,19). The molecule has 4 nitrogen and oxygen atoms in total. The van der Waals surface area contributed by atoms with Crippen molar-refractivity contribution in [2.45, 2.75) is 19.4 Å². The molecule has 1 heterocycles. The number of carbonyl (C=O) groups excluding carboxylic acids is 1. The number of rotatable bonds is 3. The van der Waals surface area contributed by atoms with Crippen LogP contribution in [0.25, 0.3) is 10.9 Å². The van der Waals surface area contributed by atoms with E-state index in [0.717, 1.165) is 0 Å². The summed E-state index contributed by atoms with van der Waals surface area (Å²) in [6.45, 7) is 4.01. The summed E-state index contributed by atoms with van der Waals surface area (Å²) in [7, 11) is 1.68. The Bertz CT molecular complexity index is 631. The molecule has 1 aromatic carbocycles. The smallest absolute Gasteiger partial charge is 0.268 e. The fraction of sp³-hybridized carbons (Fsp3) is 0.357. The lowest BCUT2D eigenvalue weighted by molar-refractivity contribution is 0.0908. The normalized spacial score (nSPS) is 11.8. The highest BCUT2D eigenvalue weighted by molar-refractivity contribution is 5.99. The van der Waals surface area contributed by atoms with Crippen LogP contribution in [0.4, 0.5) is 4.39 Å². The zero-order valence-electron chi connectivity index (χ0n) is 11.3. The van der Waals surface area contributed by atoms with Crippen molar-refractivity contribution in [1.82, 2.24) is 9.88 Å². The molecule has 0 spiro atoms. The van der Waals surface area contributed by atoms with Crippen LogP contribution in [0.15, 0.2) is 24.3 Å². The molecule has 0 atom stereocenters. The predicted molar refractivity (Wildman–Crippen MR) is 73.5 cm³/mol. The number of nitrogens with zero attached hydrogens (tertiary/aromatic N) is 1. The van der Waals surface area contributed by atoms with E-state index in [-0.39, 0.29) is 11.7 Å². The number of carbonyl (C=O) groups is 1. The number of nitrogens with two attached hydrogens (primary N) is 1. The van der Waals surface area contributed by atoms with Crippen molar-refractivity contribution < 1.29 is 9.18 Å². The van der Waals surface area contributed by atoms with Crippen molar-refractivity contribution in [2.75, 3.05) is 6.54 Å². The molecule has 1 aromatic heterocycles. The van der Waals surface area contributed by atoms with Crippen LogP contribution < -0.4 is 11.1 Å². The van der Waals surface area contributed by atoms with Crippen LogP contribution in [0, 0.1) is 5.82 Å². The van der Waals surface area contributed by atoms with Crippen LogP contribution in [0.3, 0.4) is 0 Å². The molecule has 5 heteroatoms. The highest BCUT2D eigenvalue weighted by atomic mass is 19.1. The summed E-state index contributed by atoms with van der Waals surface area (Å²) in [6, 6.07) is 6.47. The molecule has 0 fully saturated rings. The highest BCUT2D eigenvalue weighted by Gasteiger charge is 2.22. The van der Waals surface area contributed by atoms with E-state index < -0.39 is 5.54 Å². The van der Waals surface area contributed by atoms with Gasteiger partial charge in [-0.05, 0) is 26.0 Å². The second-order valence-electron chi connectivity index (χ2n) is 5.31. The first-order chi connectivity index (χ1) is 8.85. The predicted octanol–water partition coefficient (Wildman–Crippen LogP) is 1.78. The Kier molecular flexibility index (Phi) is 3.32. The molecule has 0 aliphatic heterocycles. The number of amides is 1. The Morgan fingerprint density at radius 3 is 2.74 bits per heavy atom. The van der Waals surface area contributed by atoms with Gasteiger partial charge in [0.1, 0.15) is 11.5 Å². The van der Waals surface area contributed by atoms with E-state index in [0.29, 0.717) is 23.1 Å². The van der Waals surface area contributed by atoms with Crippen molar-refractivity contribution >= 4 is 16.8 Å². The lowest BCUT2D eigenvalue weighted by atomic mass is 10.1. The third kappa shape index (κ3) is 2.46. The lowest BCUT2D eigenvalue weighted by Gasteiger charge is -2.24. The first-order valence-corrected chi connectivity index (χ1v) is 6.12. The van der Waals surface area contributed by atoms with Crippen molar-refractivity contribution in [3.05, 3.63) is 35.8 Å². The number of nitrogens with one attached hydrogen (secondary N) is 1. The fourth-order valence-electron chi connectivity index (χ4n) is 2.01. The first-order valence-electron chi connectivity index (χ1n) is 6.12. The summed E-state index contributed by atoms with van der Waals surface area (Å²) in [5, 5.41) is 3.54. The molecule has 2 rings (SSSR count). The number of halogens is 1. The molecule has 0 saturated carbocycles. The number of fused-ring (bicyclic) bond motifs is 1. The van der Waals surface area contributed by atoms with Crippen LogP contribution in [-0.2, 0) is 7.05 Å². The lowest BCUT2D eigenvalue weighted by Crippen LogP contribution is -2.49. The van der Waals surface area contributed by atoms with Crippen LogP contribution in [0.2, 0.25) is 0 Å². The largest absolute Gasteiger partial charge is 0.345 e. The van der Waals surface area contributed by atoms with Crippen molar-refractivity contribution in [3.8, 4) is 0 Å². The second-order valence-corrected chi connectivity index (χ2v) is 5.31. The summed E-state index contributed by atoms with van der Waals surface area (Å²) >= 11 is 0. The Labute approximate surface area is 111 Å². The third-order valence-electron chi connectivity index (χ3n) is 3.20. The third-order valence-corrected chi connectivity index (χ3v) is 3.20. The van der Waals surface area contributed by atoms with E-state index >= 15 is 0 Å². The van der Waals surface area contributed by atoms with Gasteiger partial charge in [0.15, 0.2) is 0 Å². The van der Waals surface area contributed by atoms with Crippen molar-refractivity contribution in [1.29, 1.82) is 0 Å². The quantitative estimate of drug-likeness (QED) is 0.887. The van der Waals surface area contributed by atoms with Gasteiger partial charge in [0.2, 0.25) is 0 Å². The van der Waals surface area contributed by atoms with Gasteiger partial charge in [0.05, 0.1) is 5.52 Å². The Morgan fingerprint density at radius 2 is 2.16 bits per heavy atom. The van der Waals surface area contributed by atoms with E-state index in [1.165, 1.54) is 6.07 Å². The van der Waals surface area contributed by atoms with E-state index in [2.05, 4.69) is 5.32 Å². The maximum atomic E-state index is 13.8. The minimum atomic E-state index is -0.494. The zero-order chi connectivity index (χ0) is 14.2. The van der Waals surface area contributed by atoms with Gasteiger partial charge >= 0.3 is 0 Å². The average molecular weight is 263 g/mol. The SMILES string of the molecule is Cn1c(C(=O)NC(C)(C)CN)cc2cccc(F)c21. The maximum Gasteiger partial charge on any atom is 0.268 e. The Balaban J connectivity index is 2.44. The molecule has 0 radical (unpaired) electrons. The minimum Gasteiger partial charge on any atom is -0.345 e. The van der Waals surface area contributed by atoms with Gasteiger partial charge in [-0.15, -0.1) is 0 Å². The second kappa shape index (κ2) is 4.66. The number of hydrogen-bond acceptors (Lipinski definition) is 2. The number of aromatic nitrogens is 1. The minimum absolute atomic E-state index is 0.256. The maximum absolute atomic E-state index is 13.8. The van der Waals surface area contributed by atoms with Crippen LogP contribution >= 0.6 is 0 Å². The van der Waals surface area contributed by atoms with Gasteiger partial charge in [-0.1, -0.05) is 12.1 Å². The molecule has 0 bridgehead atoms. The first kappa shape index (κ1) is 13.5. The van der Waals surface area contributed by atoms with Gasteiger partial charge in [0.25, 0.3) is 5.91 Å². The number of aryl methyl sites for hydroxylation is 1. The Morgan fingerprint density at radius 1 is 1.47 bits per heavy atom. The molecule has 19 heavy (non-hydrogen) atoms. The van der Waals surface area contributed by atoms with Crippen LogP contribution in [-0.4, -0.2) is 22.6 Å². The number of hydrogen-bond donors (Lipinski definition) is 2. The Hall–Kier alpha value is -1.88. The molecule has 0 saturated heterocycles. The summed E-state index contributed by atoms with van der Waals surface area (Å²) in [5.74, 6) is -0.592. The van der Waals surface area contributed by atoms with Gasteiger partial charge in [-0.2, -0.15) is 0 Å². The zero-order valence-corrected chi connectivity index (χ0v) is 11.3. The van der Waals surface area contributed by atoms with E-state index in [1.54, 1.807) is 29.8 Å². The van der Waals surface area contributed by atoms with Crippen molar-refractivity contribution in [3.63, 3.8) is 0 Å². The topological polar surface area (TPSA) is 60.0 Å². The molecular weight excluding hydrogens is 245 g/mol. The van der Waals surface area contributed by atoms with Crippen LogP contribution in [0.5, 0.6) is 0 Å². The molecule has 3 N–H and O–H groups in total. The number of para-hydroxylation sites is 1. The van der Waals surface area contributed by atoms with E-state index in [1.807, 2.05) is 13.8 Å². The summed E-state index contributed by atoms with van der Waals surface area (Å²) in [5.41, 5.74) is 5.94. The molecular formula is C14H18FN3O. The molecule has 1 amide bonds. The fourth-order valence-corrected chi connectivity index (χ4v) is 2.01. The average Bonchev–Trinajstić information content (AvgIpc) is 2.68. The van der Waals surface area contributed by atoms with E-state index in [4.69, 9.17) is 5.73 Å². The van der Waals surface area contributed by atoms with Crippen LogP contribution in [0.1, 0.15) is 24.3 Å². The molecule has 0 unspecified atom stereocenters. The molecule has 0 aliphatic rings. The molecule has 0 aliphatic carbocycles. The van der Waals surface area contributed by atoms with E-state index in [9.17, 15) is 9.18 Å². The van der Waals surface area contributed by atoms with Gasteiger partial charge < -0.3 is 15.6 Å². The van der Waals surface area contributed by atoms with Gasteiger partial charge in [-0.25, -0.2) is 4.39 Å². The molecule has 102 valence electrons. The summed E-state index contributed by atoms with van der Waals surface area (Å²) in [6.07, 6.45) is 0. The van der Waals surface area contributed by atoms with Gasteiger partial charge in [0, 0.05) is 24.5 Å². The highest BCUT2D eigenvalue weighted by Crippen LogP contribution is 2.21. The van der Waals surface area contributed by atoms with Crippen molar-refractivity contribution in [2.24, 2.45) is 12.8 Å². The number of benzene rings is 1. The summed E-state index contributed by atoms with van der Waals surface area (Å²) < 4.78 is 15.3. The summed E-state index contributed by atoms with van der Waals surface area (Å²) in [4.78, 5) is 12.2. The molecule has 2 aromatic rings. The monoisotopic (exact) mass is 263 g/mol. The van der Waals surface area contributed by atoms with Gasteiger partial charge in [-0.3, -0.25) is 4.79 Å².